The van der Waals surface area contributed by atoms with E-state index in [0.717, 1.165) is 36.4 Å². The molecule has 0 aliphatic heterocycles. The summed E-state index contributed by atoms with van der Waals surface area (Å²) in [4.78, 5) is 17.0. The minimum atomic E-state index is -4.56. The largest absolute Gasteiger partial charge is 0.416 e. The first kappa shape index (κ1) is 30.8. The maximum absolute atomic E-state index is 13.7. The third-order valence-corrected chi connectivity index (χ3v) is 6.93. The number of hydrogen-bond acceptors (Lipinski definition) is 7. The number of nitrogens with zero attached hydrogens (tertiary/aromatic N) is 5. The number of hydrogen-bond donors (Lipinski definition) is 3. The SMILES string of the molecule is Cc1c(/C(N)=C/N(N)C2=CC(C(=O)Nc3cc(N(C)CCCN(C)C)cc(C(F)(F)F)c3)=CCC2C)cnn1C. The summed E-state index contributed by atoms with van der Waals surface area (Å²) in [6.45, 7) is 5.21. The predicted molar refractivity (Wildman–Crippen MR) is 153 cm³/mol. The number of nitrogens with one attached hydrogen (secondary N) is 1. The number of hydrazine groups is 1. The van der Waals surface area contributed by atoms with Crippen molar-refractivity contribution in [2.75, 3.05) is 44.4 Å². The topological polar surface area (TPSA) is 109 Å². The Hall–Kier alpha value is -3.77. The van der Waals surface area contributed by atoms with Crippen molar-refractivity contribution in [1.29, 1.82) is 0 Å². The van der Waals surface area contributed by atoms with Crippen LogP contribution < -0.4 is 21.8 Å². The van der Waals surface area contributed by atoms with Crippen LogP contribution in [0.1, 0.15) is 36.6 Å². The molecular formula is C28H39F3N8O. The van der Waals surface area contributed by atoms with Gasteiger partial charge in [-0.15, -0.1) is 0 Å². The van der Waals surface area contributed by atoms with Crippen LogP contribution in [-0.2, 0) is 18.0 Å². The Balaban J connectivity index is 1.82. The number of benzene rings is 1. The van der Waals surface area contributed by atoms with E-state index in [9.17, 15) is 18.0 Å². The molecule has 9 nitrogen and oxygen atoms in total. The fourth-order valence-electron chi connectivity index (χ4n) is 4.37. The van der Waals surface area contributed by atoms with Crippen LogP contribution in [0, 0.1) is 12.8 Å². The third kappa shape index (κ3) is 7.66. The maximum atomic E-state index is 13.7. The van der Waals surface area contributed by atoms with E-state index in [4.69, 9.17) is 11.6 Å². The second kappa shape index (κ2) is 12.6. The molecule has 0 radical (unpaired) electrons. The highest BCUT2D eigenvalue weighted by atomic mass is 19.4. The number of amides is 1. The lowest BCUT2D eigenvalue weighted by Crippen LogP contribution is -2.31. The van der Waals surface area contributed by atoms with Gasteiger partial charge in [0.1, 0.15) is 0 Å². The summed E-state index contributed by atoms with van der Waals surface area (Å²) in [5.41, 5.74) is 8.81. The van der Waals surface area contributed by atoms with E-state index in [1.54, 1.807) is 47.2 Å². The fraction of sp³-hybridized carbons (Fsp3) is 0.429. The number of aryl methyl sites for hydroxylation is 1. The second-order valence-corrected chi connectivity index (χ2v) is 10.4. The first-order valence-corrected chi connectivity index (χ1v) is 13.0. The lowest BCUT2D eigenvalue weighted by molar-refractivity contribution is -0.137. The fourth-order valence-corrected chi connectivity index (χ4v) is 4.37. The van der Waals surface area contributed by atoms with Crippen LogP contribution in [0.3, 0.4) is 0 Å². The molecule has 12 heteroatoms. The van der Waals surface area contributed by atoms with Crippen molar-refractivity contribution in [3.63, 3.8) is 0 Å². The lowest BCUT2D eigenvalue weighted by atomic mass is 9.94. The van der Waals surface area contributed by atoms with Crippen LogP contribution in [0.4, 0.5) is 24.5 Å². The average Bonchev–Trinajstić information content (AvgIpc) is 3.21. The van der Waals surface area contributed by atoms with Crippen molar-refractivity contribution < 1.29 is 18.0 Å². The normalized spacial score (nSPS) is 16.1. The van der Waals surface area contributed by atoms with Gasteiger partial charge in [-0.1, -0.05) is 13.0 Å². The summed E-state index contributed by atoms with van der Waals surface area (Å²) < 4.78 is 42.8. The zero-order valence-electron chi connectivity index (χ0n) is 23.9. The molecule has 0 saturated heterocycles. The van der Waals surface area contributed by atoms with Gasteiger partial charge >= 0.3 is 6.18 Å². The minimum absolute atomic E-state index is 0.0171. The van der Waals surface area contributed by atoms with Crippen molar-refractivity contribution in [2.45, 2.75) is 32.9 Å². The van der Waals surface area contributed by atoms with Gasteiger partial charge in [0.25, 0.3) is 5.91 Å². The molecule has 0 saturated carbocycles. The second-order valence-electron chi connectivity index (χ2n) is 10.4. The van der Waals surface area contributed by atoms with Crippen LogP contribution in [0.15, 0.2) is 54.0 Å². The van der Waals surface area contributed by atoms with Gasteiger partial charge in [-0.3, -0.25) is 14.5 Å². The average molecular weight is 561 g/mol. The predicted octanol–water partition coefficient (Wildman–Crippen LogP) is 4.06. The van der Waals surface area contributed by atoms with Crippen LogP contribution in [0.2, 0.25) is 0 Å². The molecular weight excluding hydrogens is 521 g/mol. The van der Waals surface area contributed by atoms with Crippen molar-refractivity contribution in [1.82, 2.24) is 19.7 Å². The highest BCUT2D eigenvalue weighted by Gasteiger charge is 2.32. The van der Waals surface area contributed by atoms with Crippen molar-refractivity contribution in [3.8, 4) is 0 Å². The highest BCUT2D eigenvalue weighted by molar-refractivity contribution is 6.06. The Morgan fingerprint density at radius 1 is 1.23 bits per heavy atom. The third-order valence-electron chi connectivity index (χ3n) is 6.93. The van der Waals surface area contributed by atoms with E-state index < -0.39 is 17.6 Å². The first-order valence-electron chi connectivity index (χ1n) is 13.0. The Morgan fingerprint density at radius 2 is 1.93 bits per heavy atom. The molecule has 1 aliphatic rings. The van der Waals surface area contributed by atoms with Crippen LogP contribution >= 0.6 is 0 Å². The molecule has 40 heavy (non-hydrogen) atoms. The number of allylic oxidation sites excluding steroid dienone is 2. The molecule has 1 unspecified atom stereocenters. The molecule has 1 aromatic carbocycles. The van der Waals surface area contributed by atoms with Crippen molar-refractivity contribution in [3.05, 3.63) is 70.8 Å². The molecule has 1 aliphatic carbocycles. The number of rotatable bonds is 10. The van der Waals surface area contributed by atoms with E-state index in [1.807, 2.05) is 39.9 Å². The van der Waals surface area contributed by atoms with Crippen molar-refractivity contribution in [2.24, 2.45) is 24.5 Å². The van der Waals surface area contributed by atoms with Crippen LogP contribution in [0.5, 0.6) is 0 Å². The summed E-state index contributed by atoms with van der Waals surface area (Å²) >= 11 is 0. The van der Waals surface area contributed by atoms with Gasteiger partial charge in [-0.05, 0) is 64.7 Å². The number of carbonyl (C=O) groups is 1. The first-order chi connectivity index (χ1) is 18.7. The Labute approximate surface area is 233 Å². The maximum Gasteiger partial charge on any atom is 0.416 e. The number of nitrogens with two attached hydrogens (primary N) is 2. The van der Waals surface area contributed by atoms with Gasteiger partial charge in [0.15, 0.2) is 0 Å². The molecule has 3 rings (SSSR count). The van der Waals surface area contributed by atoms with E-state index in [1.165, 1.54) is 5.01 Å². The molecule has 0 fully saturated rings. The summed E-state index contributed by atoms with van der Waals surface area (Å²) in [6, 6.07) is 3.59. The van der Waals surface area contributed by atoms with Crippen molar-refractivity contribution >= 4 is 23.0 Å². The standard InChI is InChI=1S/C28H39F3N8O/c1-18-8-9-20(12-26(18)39(33)17-25(32)24-16-34-38(6)19(24)2)27(40)35-22-13-21(28(29,30)31)14-23(15-22)37(5)11-7-10-36(3)4/h9,12-18H,7-8,10-11,32-33H2,1-6H3,(H,35,40)/b25-17-. The van der Waals surface area contributed by atoms with E-state index >= 15 is 0 Å². The Morgan fingerprint density at radius 3 is 2.52 bits per heavy atom. The van der Waals surface area contributed by atoms with Gasteiger partial charge in [0.2, 0.25) is 0 Å². The van der Waals surface area contributed by atoms with E-state index in [0.29, 0.717) is 35.6 Å². The van der Waals surface area contributed by atoms with Gasteiger partial charge in [-0.25, -0.2) is 5.84 Å². The quantitative estimate of drug-likeness (QED) is 0.297. The molecule has 1 atom stereocenters. The minimum Gasteiger partial charge on any atom is -0.397 e. The van der Waals surface area contributed by atoms with Gasteiger partial charge in [0, 0.05) is 66.7 Å². The zero-order valence-corrected chi connectivity index (χ0v) is 23.9. The molecule has 0 bridgehead atoms. The molecule has 1 heterocycles. The van der Waals surface area contributed by atoms with Gasteiger partial charge in [0.05, 0.1) is 17.5 Å². The molecule has 0 spiro atoms. The number of halogens is 3. The number of aromatic nitrogens is 2. The zero-order chi connectivity index (χ0) is 29.8. The number of anilines is 2. The van der Waals surface area contributed by atoms with Crippen LogP contribution in [-0.4, -0.2) is 59.8 Å². The molecule has 5 N–H and O–H groups in total. The smallest absolute Gasteiger partial charge is 0.397 e. The Bertz CT molecular complexity index is 1310. The summed E-state index contributed by atoms with van der Waals surface area (Å²) in [5.74, 6) is 5.77. The summed E-state index contributed by atoms with van der Waals surface area (Å²) in [6.07, 6.45) is 3.32. The monoisotopic (exact) mass is 560 g/mol. The number of alkyl halides is 3. The van der Waals surface area contributed by atoms with Gasteiger partial charge < -0.3 is 20.9 Å². The summed E-state index contributed by atoms with van der Waals surface area (Å²) in [7, 11) is 7.42. The molecule has 1 aromatic heterocycles. The van der Waals surface area contributed by atoms with Gasteiger partial charge in [-0.2, -0.15) is 18.3 Å². The highest BCUT2D eigenvalue weighted by Crippen LogP contribution is 2.35. The van der Waals surface area contributed by atoms with Crippen LogP contribution in [0.25, 0.3) is 5.70 Å². The number of carbonyl (C=O) groups excluding carboxylic acids is 1. The van der Waals surface area contributed by atoms with E-state index in [-0.39, 0.29) is 11.6 Å². The lowest BCUT2D eigenvalue weighted by Gasteiger charge is -2.27. The molecule has 1 amide bonds. The van der Waals surface area contributed by atoms with E-state index in [2.05, 4.69) is 10.4 Å². The molecule has 218 valence electrons. The Kier molecular flexibility index (Phi) is 9.69. The molecule has 2 aromatic rings. The summed E-state index contributed by atoms with van der Waals surface area (Å²) in [5, 5.41) is 8.21.